The van der Waals surface area contributed by atoms with Gasteiger partial charge in [0.2, 0.25) is 0 Å². The minimum Gasteiger partial charge on any atom is -0.385 e. The predicted octanol–water partition coefficient (Wildman–Crippen LogP) is 2.68. The topological polar surface area (TPSA) is 37.3 Å². The van der Waals surface area contributed by atoms with E-state index in [0.717, 1.165) is 18.9 Å². The molecule has 1 fully saturated rings. The van der Waals surface area contributed by atoms with E-state index in [4.69, 9.17) is 0 Å². The highest BCUT2D eigenvalue weighted by Crippen LogP contribution is 2.35. The van der Waals surface area contributed by atoms with Crippen LogP contribution in [0.25, 0.3) is 0 Å². The van der Waals surface area contributed by atoms with Crippen molar-refractivity contribution in [3.05, 3.63) is 33.8 Å². The summed E-state index contributed by atoms with van der Waals surface area (Å²) in [6.45, 7) is 0. The third-order valence-electron chi connectivity index (χ3n) is 2.63. The lowest BCUT2D eigenvalue weighted by atomic mass is 10.0. The van der Waals surface area contributed by atoms with Crippen LogP contribution in [0.1, 0.15) is 23.2 Å². The van der Waals surface area contributed by atoms with Gasteiger partial charge in [-0.25, -0.2) is 8.78 Å². The smallest absolute Gasteiger partial charge is 0.197 e. The number of aliphatic hydroxyl groups is 1. The zero-order valence-corrected chi connectivity index (χ0v) is 9.80. The van der Waals surface area contributed by atoms with Gasteiger partial charge in [0.1, 0.15) is 11.9 Å². The fraction of sp³-hybridized carbons (Fsp3) is 0.364. The number of rotatable bonds is 3. The highest BCUT2D eigenvalue weighted by Gasteiger charge is 2.37. The standard InChI is InChI=1S/C11H9BrF2O2/c12-6-3-4-7(13)8(9(6)14)11(16)10(15)5-1-2-5/h3-5,10,15H,1-2H2. The van der Waals surface area contributed by atoms with E-state index < -0.39 is 29.1 Å². The number of hydrogen-bond donors (Lipinski definition) is 1. The summed E-state index contributed by atoms with van der Waals surface area (Å²) in [4.78, 5) is 11.7. The summed E-state index contributed by atoms with van der Waals surface area (Å²) >= 11 is 2.87. The van der Waals surface area contributed by atoms with Gasteiger partial charge in [0.05, 0.1) is 10.0 Å². The van der Waals surface area contributed by atoms with Crippen LogP contribution in [0, 0.1) is 17.6 Å². The van der Waals surface area contributed by atoms with E-state index in [9.17, 15) is 18.7 Å². The second-order valence-electron chi connectivity index (χ2n) is 3.86. The molecular weight excluding hydrogens is 282 g/mol. The molecule has 0 heterocycles. The quantitative estimate of drug-likeness (QED) is 0.686. The number of carbonyl (C=O) groups excluding carboxylic acids is 1. The summed E-state index contributed by atoms with van der Waals surface area (Å²) in [6, 6.07) is 2.19. The average Bonchev–Trinajstić information content (AvgIpc) is 3.06. The lowest BCUT2D eigenvalue weighted by Gasteiger charge is -2.10. The van der Waals surface area contributed by atoms with Crippen LogP contribution in [0.15, 0.2) is 16.6 Å². The molecule has 1 N–H and O–H groups in total. The van der Waals surface area contributed by atoms with Gasteiger partial charge in [-0.1, -0.05) is 0 Å². The SMILES string of the molecule is O=C(c1c(F)ccc(Br)c1F)C(O)C1CC1. The maximum absolute atomic E-state index is 13.5. The molecule has 0 bridgehead atoms. The first-order chi connectivity index (χ1) is 7.52. The number of hydrogen-bond acceptors (Lipinski definition) is 2. The zero-order chi connectivity index (χ0) is 11.9. The van der Waals surface area contributed by atoms with Crippen molar-refractivity contribution in [3.63, 3.8) is 0 Å². The molecule has 1 atom stereocenters. The summed E-state index contributed by atoms with van der Waals surface area (Å²) in [6.07, 6.45) is 0.159. The fourth-order valence-electron chi connectivity index (χ4n) is 1.53. The van der Waals surface area contributed by atoms with Gasteiger partial charge in [-0.05, 0) is 46.8 Å². The summed E-state index contributed by atoms with van der Waals surface area (Å²) in [5.74, 6) is -2.92. The Morgan fingerprint density at radius 2 is 2.06 bits per heavy atom. The largest absolute Gasteiger partial charge is 0.385 e. The van der Waals surface area contributed by atoms with E-state index in [1.54, 1.807) is 0 Å². The molecule has 16 heavy (non-hydrogen) atoms. The maximum Gasteiger partial charge on any atom is 0.197 e. The van der Waals surface area contributed by atoms with Crippen molar-refractivity contribution in [1.82, 2.24) is 0 Å². The third kappa shape index (κ3) is 2.01. The Kier molecular flexibility index (Phi) is 3.08. The van der Waals surface area contributed by atoms with Crippen molar-refractivity contribution in [3.8, 4) is 0 Å². The Morgan fingerprint density at radius 1 is 1.44 bits per heavy atom. The van der Waals surface area contributed by atoms with E-state index in [1.165, 1.54) is 6.07 Å². The first-order valence-electron chi connectivity index (χ1n) is 4.88. The Morgan fingerprint density at radius 3 is 2.62 bits per heavy atom. The minimum absolute atomic E-state index is 0.0141. The zero-order valence-electron chi connectivity index (χ0n) is 8.21. The normalized spacial score (nSPS) is 17.2. The lowest BCUT2D eigenvalue weighted by molar-refractivity contribution is 0.0694. The number of ketones is 1. The molecule has 5 heteroatoms. The number of benzene rings is 1. The molecule has 0 aromatic heterocycles. The Bertz CT molecular complexity index is 444. The van der Waals surface area contributed by atoms with Crippen LogP contribution < -0.4 is 0 Å². The predicted molar refractivity (Wildman–Crippen MR) is 57.1 cm³/mol. The van der Waals surface area contributed by atoms with Crippen molar-refractivity contribution in [2.75, 3.05) is 0 Å². The van der Waals surface area contributed by atoms with Crippen molar-refractivity contribution >= 4 is 21.7 Å². The van der Waals surface area contributed by atoms with Gasteiger partial charge >= 0.3 is 0 Å². The van der Waals surface area contributed by atoms with Crippen molar-refractivity contribution < 1.29 is 18.7 Å². The van der Waals surface area contributed by atoms with Gasteiger partial charge < -0.3 is 5.11 Å². The molecule has 86 valence electrons. The number of halogens is 3. The number of Topliss-reactive ketones (excluding diaryl/α,β-unsaturated/α-hetero) is 1. The van der Waals surface area contributed by atoms with E-state index in [-0.39, 0.29) is 10.4 Å². The summed E-state index contributed by atoms with van der Waals surface area (Å²) in [5, 5.41) is 9.55. The molecule has 0 saturated heterocycles. The molecule has 2 rings (SSSR count). The first-order valence-corrected chi connectivity index (χ1v) is 5.67. The second-order valence-corrected chi connectivity index (χ2v) is 4.72. The molecule has 1 aromatic carbocycles. The summed E-state index contributed by atoms with van der Waals surface area (Å²) in [7, 11) is 0. The average molecular weight is 291 g/mol. The molecule has 1 aliphatic carbocycles. The van der Waals surface area contributed by atoms with Crippen LogP contribution in [-0.4, -0.2) is 17.0 Å². The lowest BCUT2D eigenvalue weighted by Crippen LogP contribution is -2.24. The van der Waals surface area contributed by atoms with Crippen LogP contribution in [-0.2, 0) is 0 Å². The highest BCUT2D eigenvalue weighted by molar-refractivity contribution is 9.10. The van der Waals surface area contributed by atoms with Crippen LogP contribution >= 0.6 is 15.9 Å². The van der Waals surface area contributed by atoms with Gasteiger partial charge in [-0.15, -0.1) is 0 Å². The van der Waals surface area contributed by atoms with Crippen molar-refractivity contribution in [2.45, 2.75) is 18.9 Å². The van der Waals surface area contributed by atoms with E-state index in [0.29, 0.717) is 0 Å². The highest BCUT2D eigenvalue weighted by atomic mass is 79.9. The first kappa shape index (κ1) is 11.7. The van der Waals surface area contributed by atoms with Gasteiger partial charge in [-0.2, -0.15) is 0 Å². The van der Waals surface area contributed by atoms with Crippen LogP contribution in [0.2, 0.25) is 0 Å². The molecule has 1 saturated carbocycles. The van der Waals surface area contributed by atoms with Crippen LogP contribution in [0.3, 0.4) is 0 Å². The van der Waals surface area contributed by atoms with E-state index in [1.807, 2.05) is 0 Å². The van der Waals surface area contributed by atoms with E-state index in [2.05, 4.69) is 15.9 Å². The summed E-state index contributed by atoms with van der Waals surface area (Å²) in [5.41, 5.74) is -0.659. The molecular formula is C11H9BrF2O2. The second kappa shape index (κ2) is 4.22. The molecule has 0 radical (unpaired) electrons. The Hall–Kier alpha value is -0.810. The summed E-state index contributed by atoms with van der Waals surface area (Å²) < 4.78 is 26.9. The molecule has 1 unspecified atom stereocenters. The monoisotopic (exact) mass is 290 g/mol. The molecule has 0 spiro atoms. The minimum atomic E-state index is -1.29. The molecule has 2 nitrogen and oxygen atoms in total. The van der Waals surface area contributed by atoms with Crippen LogP contribution in [0.4, 0.5) is 8.78 Å². The maximum atomic E-state index is 13.5. The van der Waals surface area contributed by atoms with Gasteiger partial charge in [0.15, 0.2) is 11.6 Å². The van der Waals surface area contributed by atoms with Gasteiger partial charge in [-0.3, -0.25) is 4.79 Å². The Labute approximate surface area is 99.4 Å². The fourth-order valence-corrected chi connectivity index (χ4v) is 1.86. The van der Waals surface area contributed by atoms with Gasteiger partial charge in [0, 0.05) is 0 Å². The number of carbonyl (C=O) groups is 1. The molecule has 1 aromatic rings. The van der Waals surface area contributed by atoms with Crippen molar-refractivity contribution in [1.29, 1.82) is 0 Å². The third-order valence-corrected chi connectivity index (χ3v) is 3.24. The molecule has 1 aliphatic rings. The van der Waals surface area contributed by atoms with Gasteiger partial charge in [0.25, 0.3) is 0 Å². The van der Waals surface area contributed by atoms with Crippen LogP contribution in [0.5, 0.6) is 0 Å². The van der Waals surface area contributed by atoms with Crippen molar-refractivity contribution in [2.24, 2.45) is 5.92 Å². The number of aliphatic hydroxyl groups excluding tert-OH is 1. The molecule has 0 amide bonds. The molecule has 0 aliphatic heterocycles. The Balaban J connectivity index is 2.38. The van der Waals surface area contributed by atoms with E-state index >= 15 is 0 Å².